The molecule has 8 rings (SSSR count). The van der Waals surface area contributed by atoms with Crippen LogP contribution in [0.4, 0.5) is 0 Å². The smallest absolute Gasteiger partial charge is 0.331 e. The van der Waals surface area contributed by atoms with Gasteiger partial charge in [0.05, 0.1) is 32.5 Å². The van der Waals surface area contributed by atoms with Crippen LogP contribution in [0.25, 0.3) is 0 Å². The van der Waals surface area contributed by atoms with Gasteiger partial charge < -0.3 is 94.1 Å². The number of carbonyl (C=O) groups is 3. The second-order valence-electron chi connectivity index (χ2n) is 26.1. The molecule has 26 unspecified atom stereocenters. The average molecular weight is 1140 g/mol. The molecule has 0 radical (unpaired) electrons. The molecule has 80 heavy (non-hydrogen) atoms. The Labute approximate surface area is 468 Å². The van der Waals surface area contributed by atoms with Gasteiger partial charge in [0.15, 0.2) is 25.0 Å². The first kappa shape index (κ1) is 63.0. The lowest BCUT2D eigenvalue weighted by molar-refractivity contribution is -0.393. The highest BCUT2D eigenvalue weighted by Gasteiger charge is 2.74. The number of aliphatic hydroxyl groups excluding tert-OH is 10. The maximum absolute atomic E-state index is 14.1. The van der Waals surface area contributed by atoms with Gasteiger partial charge in [-0.2, -0.15) is 0 Å². The molecule has 7 fully saturated rings. The van der Waals surface area contributed by atoms with E-state index in [0.29, 0.717) is 50.9 Å². The number of rotatable bonds is 16. The van der Waals surface area contributed by atoms with Gasteiger partial charge in [-0.3, -0.25) is 9.59 Å². The number of allylic oxidation sites excluding steroid dienone is 5. The molecule has 0 aromatic rings. The van der Waals surface area contributed by atoms with E-state index in [1.807, 2.05) is 26.8 Å². The lowest BCUT2D eigenvalue weighted by Gasteiger charge is -2.71. The van der Waals surface area contributed by atoms with Crippen molar-refractivity contribution >= 4 is 17.9 Å². The molecule has 8 aliphatic rings. The van der Waals surface area contributed by atoms with Crippen molar-refractivity contribution in [2.75, 3.05) is 26.4 Å². The second-order valence-corrected chi connectivity index (χ2v) is 26.1. The van der Waals surface area contributed by atoms with Crippen LogP contribution in [0, 0.1) is 56.2 Å². The van der Waals surface area contributed by atoms with E-state index in [1.165, 1.54) is 13.0 Å². The Hall–Kier alpha value is -3.01. The summed E-state index contributed by atoms with van der Waals surface area (Å²) in [6.45, 7) is 15.5. The monoisotopic (exact) mass is 1140 g/mol. The molecule has 454 valence electrons. The molecule has 0 spiro atoms. The Kier molecular flexibility index (Phi) is 18.8. The van der Waals surface area contributed by atoms with Crippen molar-refractivity contribution in [1.29, 1.82) is 0 Å². The Bertz CT molecular complexity index is 2310. The maximum atomic E-state index is 14.1. The summed E-state index contributed by atoms with van der Waals surface area (Å²) in [7, 11) is 0. The topological polar surface area (TPSA) is 348 Å². The number of fused-ring (bicyclic) bond motifs is 7. The third-order valence-electron chi connectivity index (χ3n) is 21.3. The number of aliphatic carboxylic acids is 1. The zero-order chi connectivity index (χ0) is 58.8. The van der Waals surface area contributed by atoms with E-state index in [4.69, 9.17) is 37.9 Å². The predicted octanol–water partition coefficient (Wildman–Crippen LogP) is 1.54. The summed E-state index contributed by atoms with van der Waals surface area (Å²) < 4.78 is 48.8. The number of carboxylic acid groups (broad SMARTS) is 1. The van der Waals surface area contributed by atoms with Crippen LogP contribution in [-0.2, 0) is 52.3 Å². The van der Waals surface area contributed by atoms with E-state index in [0.717, 1.165) is 12.0 Å². The van der Waals surface area contributed by atoms with Crippen LogP contribution in [0.3, 0.4) is 0 Å². The van der Waals surface area contributed by atoms with Crippen LogP contribution in [-0.4, -0.2) is 205 Å². The van der Waals surface area contributed by atoms with Crippen molar-refractivity contribution in [1.82, 2.24) is 0 Å². The zero-order valence-electron chi connectivity index (χ0n) is 47.6. The quantitative estimate of drug-likeness (QED) is 0.0343. The third-order valence-corrected chi connectivity index (χ3v) is 21.3. The first-order valence-electron chi connectivity index (χ1n) is 28.7. The van der Waals surface area contributed by atoms with Gasteiger partial charge in [-0.25, -0.2) is 4.79 Å². The summed E-state index contributed by atoms with van der Waals surface area (Å²) >= 11 is 0. The molecule has 4 saturated carbocycles. The van der Waals surface area contributed by atoms with Crippen LogP contribution >= 0.6 is 0 Å². The number of carbonyl (C=O) groups excluding carboxylic acids is 2. The summed E-state index contributed by atoms with van der Waals surface area (Å²) in [5.74, 6) is -2.96. The van der Waals surface area contributed by atoms with E-state index < -0.39 is 180 Å². The predicted molar refractivity (Wildman–Crippen MR) is 280 cm³/mol. The SMILES string of the molecule is CCC(C)C=CC=CC(=O)OC1C(OC(C)=O)C2(C(=O)O)CCC3(C)C(=CCC4C5(C)CCC(OC6OC(CO)C(OC7OCC(O)C(O)C7O)C(O)C6OC6OC(CO)C(O)C(O)C6O)C(C)(CO)C5CCC43C)C2CC1(C)C. The molecular formula is C58H90O22. The summed E-state index contributed by atoms with van der Waals surface area (Å²) in [5.41, 5.74) is -3.89. The summed E-state index contributed by atoms with van der Waals surface area (Å²) in [6.07, 6.45) is -13.4. The van der Waals surface area contributed by atoms with Crippen LogP contribution in [0.1, 0.15) is 120 Å². The first-order chi connectivity index (χ1) is 37.5. The van der Waals surface area contributed by atoms with Gasteiger partial charge in [-0.15, -0.1) is 0 Å². The fraction of sp³-hybridized carbons (Fsp3) is 0.845. The van der Waals surface area contributed by atoms with Crippen LogP contribution in [0.5, 0.6) is 0 Å². The van der Waals surface area contributed by atoms with Crippen molar-refractivity contribution in [3.63, 3.8) is 0 Å². The highest BCUT2D eigenvalue weighted by atomic mass is 16.8. The fourth-order valence-electron chi connectivity index (χ4n) is 16.2. The standard InChI is InChI=1S/C58H90O22/c1-10-28(2)13-11-12-14-38(64)78-47-48(74-29(3)62)58(52(71)72)22-21-56(8)30(31(58)23-53(47,4)5)15-16-36-54(6)19-18-37(55(7,27-61)35(54)17-20-57(36,56)9)77-51-46(80-50-43(69)41(67)40(66)33(24-59)75-50)44(70)45(34(25-60)76-51)79-49-42(68)39(65)32(63)26-73-49/h11-15,28,31-37,39-51,59-61,63,65-70H,10,16-27H2,1-9H3,(H,71,72). The Morgan fingerprint density at radius 1 is 0.725 bits per heavy atom. The summed E-state index contributed by atoms with van der Waals surface area (Å²) in [4.78, 5) is 40.7. The minimum atomic E-state index is -1.93. The van der Waals surface area contributed by atoms with Crippen LogP contribution < -0.4 is 0 Å². The van der Waals surface area contributed by atoms with Gasteiger partial charge in [0.25, 0.3) is 0 Å². The molecule has 0 aromatic carbocycles. The second kappa shape index (κ2) is 23.8. The number of ether oxygens (including phenoxy) is 8. The normalized spacial score (nSPS) is 48.7. The highest BCUT2D eigenvalue weighted by Crippen LogP contribution is 2.76. The van der Waals surface area contributed by atoms with Crippen LogP contribution in [0.15, 0.2) is 36.0 Å². The number of hydrogen-bond acceptors (Lipinski definition) is 21. The van der Waals surface area contributed by atoms with E-state index in [1.54, 1.807) is 12.2 Å². The minimum Gasteiger partial charge on any atom is -0.481 e. The van der Waals surface area contributed by atoms with Gasteiger partial charge >= 0.3 is 17.9 Å². The van der Waals surface area contributed by atoms with Crippen molar-refractivity contribution in [2.24, 2.45) is 56.2 Å². The van der Waals surface area contributed by atoms with Gasteiger partial charge in [0.1, 0.15) is 78.7 Å². The largest absolute Gasteiger partial charge is 0.481 e. The molecule has 3 saturated heterocycles. The molecule has 0 aromatic heterocycles. The number of hydrogen-bond donors (Lipinski definition) is 11. The van der Waals surface area contributed by atoms with Crippen molar-refractivity contribution in [3.05, 3.63) is 36.0 Å². The van der Waals surface area contributed by atoms with Gasteiger partial charge in [0.2, 0.25) is 0 Å². The molecule has 26 atom stereocenters. The van der Waals surface area contributed by atoms with Crippen LogP contribution in [0.2, 0.25) is 0 Å². The molecule has 3 aliphatic heterocycles. The molecule has 22 nitrogen and oxygen atoms in total. The molecule has 11 N–H and O–H groups in total. The van der Waals surface area contributed by atoms with Crippen molar-refractivity contribution in [2.45, 2.75) is 224 Å². The summed E-state index contributed by atoms with van der Waals surface area (Å²) in [6, 6.07) is 0. The minimum absolute atomic E-state index is 0.00561. The Morgan fingerprint density at radius 2 is 1.39 bits per heavy atom. The zero-order valence-corrected chi connectivity index (χ0v) is 47.6. The average Bonchev–Trinajstić information content (AvgIpc) is 3.41. The summed E-state index contributed by atoms with van der Waals surface area (Å²) in [5, 5.41) is 120. The molecule has 5 aliphatic carbocycles. The molecule has 0 amide bonds. The fourth-order valence-corrected chi connectivity index (χ4v) is 16.2. The molecule has 0 bridgehead atoms. The lowest BCUT2D eigenvalue weighted by atomic mass is 9.33. The lowest BCUT2D eigenvalue weighted by Crippen LogP contribution is -2.70. The van der Waals surface area contributed by atoms with E-state index in [2.05, 4.69) is 40.7 Å². The van der Waals surface area contributed by atoms with Gasteiger partial charge in [-0.1, -0.05) is 91.7 Å². The Balaban J connectivity index is 1.08. The van der Waals surface area contributed by atoms with Gasteiger partial charge in [0, 0.05) is 29.7 Å². The van der Waals surface area contributed by atoms with E-state index in [-0.39, 0.29) is 24.9 Å². The molecule has 3 heterocycles. The highest BCUT2D eigenvalue weighted by molar-refractivity contribution is 5.83. The Morgan fingerprint density at radius 3 is 2.02 bits per heavy atom. The maximum Gasteiger partial charge on any atom is 0.331 e. The first-order valence-corrected chi connectivity index (χ1v) is 28.7. The number of esters is 2. The van der Waals surface area contributed by atoms with E-state index in [9.17, 15) is 70.6 Å². The molecular weight excluding hydrogens is 1050 g/mol. The van der Waals surface area contributed by atoms with Crippen molar-refractivity contribution < 1.29 is 108 Å². The number of aliphatic hydroxyl groups is 10. The van der Waals surface area contributed by atoms with Gasteiger partial charge in [-0.05, 0) is 85.4 Å². The van der Waals surface area contributed by atoms with Crippen molar-refractivity contribution in [3.8, 4) is 0 Å². The van der Waals surface area contributed by atoms with E-state index >= 15 is 0 Å². The number of carboxylic acids is 1. The molecule has 22 heteroatoms. The third kappa shape index (κ3) is 10.7.